The minimum Gasteiger partial charge on any atom is -0.469 e. The molecule has 0 saturated heterocycles. The van der Waals surface area contributed by atoms with Gasteiger partial charge in [-0.05, 0) is 31.0 Å². The lowest BCUT2D eigenvalue weighted by molar-refractivity contribution is -0.139. The standard InChI is InChI=1S/C13H13FN2O2/c1-18-13(17)7-12-15-10-5-2-8(14)6-11(10)16(12)9-3-4-9/h2,5-6,9H,3-4,7H2,1H3. The van der Waals surface area contributed by atoms with Crippen LogP contribution in [0.2, 0.25) is 0 Å². The zero-order chi connectivity index (χ0) is 12.7. The van der Waals surface area contributed by atoms with Gasteiger partial charge in [-0.25, -0.2) is 9.37 Å². The fourth-order valence-electron chi connectivity index (χ4n) is 2.18. The highest BCUT2D eigenvalue weighted by Crippen LogP contribution is 2.38. The van der Waals surface area contributed by atoms with Crippen molar-refractivity contribution in [3.63, 3.8) is 0 Å². The highest BCUT2D eigenvalue weighted by atomic mass is 19.1. The van der Waals surface area contributed by atoms with Crippen LogP contribution in [0.4, 0.5) is 4.39 Å². The number of carbonyl (C=O) groups is 1. The predicted molar refractivity (Wildman–Crippen MR) is 63.7 cm³/mol. The topological polar surface area (TPSA) is 44.1 Å². The third-order valence-electron chi connectivity index (χ3n) is 3.17. The van der Waals surface area contributed by atoms with E-state index in [1.54, 1.807) is 6.07 Å². The Morgan fingerprint density at radius 1 is 1.56 bits per heavy atom. The number of carbonyl (C=O) groups excluding carboxylic acids is 1. The molecule has 0 aliphatic heterocycles. The fourth-order valence-corrected chi connectivity index (χ4v) is 2.18. The monoisotopic (exact) mass is 248 g/mol. The number of rotatable bonds is 3. The van der Waals surface area contributed by atoms with Crippen LogP contribution < -0.4 is 0 Å². The minimum absolute atomic E-state index is 0.128. The minimum atomic E-state index is -0.326. The molecule has 0 bridgehead atoms. The Hall–Kier alpha value is -1.91. The first-order valence-corrected chi connectivity index (χ1v) is 5.92. The molecule has 0 spiro atoms. The van der Waals surface area contributed by atoms with Crippen LogP contribution in [0.3, 0.4) is 0 Å². The summed E-state index contributed by atoms with van der Waals surface area (Å²) in [6, 6.07) is 4.84. The van der Waals surface area contributed by atoms with Gasteiger partial charge in [-0.1, -0.05) is 0 Å². The third-order valence-corrected chi connectivity index (χ3v) is 3.17. The number of methoxy groups -OCH3 is 1. The molecule has 1 aliphatic carbocycles. The summed E-state index contributed by atoms with van der Waals surface area (Å²) in [6.07, 6.45) is 2.23. The molecule has 1 heterocycles. The first-order valence-electron chi connectivity index (χ1n) is 5.92. The average molecular weight is 248 g/mol. The van der Waals surface area contributed by atoms with Crippen LogP contribution in [0.5, 0.6) is 0 Å². The number of imidazole rings is 1. The van der Waals surface area contributed by atoms with E-state index < -0.39 is 0 Å². The zero-order valence-electron chi connectivity index (χ0n) is 10.0. The number of benzene rings is 1. The van der Waals surface area contributed by atoms with Gasteiger partial charge >= 0.3 is 5.97 Å². The van der Waals surface area contributed by atoms with Crippen LogP contribution in [-0.2, 0) is 16.0 Å². The van der Waals surface area contributed by atoms with Gasteiger partial charge in [0.2, 0.25) is 0 Å². The van der Waals surface area contributed by atoms with Gasteiger partial charge in [-0.3, -0.25) is 4.79 Å². The zero-order valence-corrected chi connectivity index (χ0v) is 10.0. The summed E-state index contributed by atoms with van der Waals surface area (Å²) in [5.41, 5.74) is 1.48. The number of esters is 1. The number of hydrogen-bond donors (Lipinski definition) is 0. The number of hydrogen-bond acceptors (Lipinski definition) is 3. The van der Waals surface area contributed by atoms with E-state index in [0.29, 0.717) is 11.9 Å². The number of ether oxygens (including phenoxy) is 1. The van der Waals surface area contributed by atoms with Crippen LogP contribution >= 0.6 is 0 Å². The molecule has 1 aliphatic rings. The van der Waals surface area contributed by atoms with Gasteiger partial charge in [0, 0.05) is 6.04 Å². The summed E-state index contributed by atoms with van der Waals surface area (Å²) >= 11 is 0. The fraction of sp³-hybridized carbons (Fsp3) is 0.385. The van der Waals surface area contributed by atoms with Crippen molar-refractivity contribution >= 4 is 17.0 Å². The van der Waals surface area contributed by atoms with Crippen molar-refractivity contribution in [3.8, 4) is 0 Å². The van der Waals surface area contributed by atoms with Crippen LogP contribution in [0.1, 0.15) is 24.7 Å². The van der Waals surface area contributed by atoms with Crippen LogP contribution in [0.15, 0.2) is 18.2 Å². The molecule has 0 atom stereocenters. The lowest BCUT2D eigenvalue weighted by Crippen LogP contribution is -2.10. The largest absolute Gasteiger partial charge is 0.469 e. The molecule has 0 unspecified atom stereocenters. The van der Waals surface area contributed by atoms with Crippen LogP contribution in [-0.4, -0.2) is 22.6 Å². The first-order chi connectivity index (χ1) is 8.69. The summed E-state index contributed by atoms with van der Waals surface area (Å²) in [5, 5.41) is 0. The molecule has 2 aromatic rings. The number of fused-ring (bicyclic) bond motifs is 1. The van der Waals surface area contributed by atoms with Gasteiger partial charge in [-0.15, -0.1) is 0 Å². The molecule has 1 saturated carbocycles. The van der Waals surface area contributed by atoms with Gasteiger partial charge in [0.25, 0.3) is 0 Å². The van der Waals surface area contributed by atoms with E-state index in [9.17, 15) is 9.18 Å². The Bertz CT molecular complexity index is 617. The Morgan fingerprint density at radius 3 is 3.00 bits per heavy atom. The third kappa shape index (κ3) is 1.85. The maximum atomic E-state index is 13.3. The highest BCUT2D eigenvalue weighted by molar-refractivity contribution is 5.79. The molecule has 1 aromatic heterocycles. The summed E-state index contributed by atoms with van der Waals surface area (Å²) in [5.74, 6) is 0.0477. The molecule has 5 heteroatoms. The van der Waals surface area contributed by atoms with E-state index in [1.165, 1.54) is 19.2 Å². The second kappa shape index (κ2) is 4.08. The molecule has 4 nitrogen and oxygen atoms in total. The van der Waals surface area contributed by atoms with Crippen molar-refractivity contribution in [2.45, 2.75) is 25.3 Å². The molecular formula is C13H13FN2O2. The smallest absolute Gasteiger partial charge is 0.313 e. The van der Waals surface area contributed by atoms with E-state index >= 15 is 0 Å². The van der Waals surface area contributed by atoms with Crippen molar-refractivity contribution < 1.29 is 13.9 Å². The van der Waals surface area contributed by atoms with Crippen molar-refractivity contribution in [1.29, 1.82) is 0 Å². The molecule has 94 valence electrons. The second-order valence-corrected chi connectivity index (χ2v) is 4.52. The predicted octanol–water partition coefficient (Wildman–Crippen LogP) is 2.23. The number of nitrogens with zero attached hydrogens (tertiary/aromatic N) is 2. The summed E-state index contributed by atoms with van der Waals surface area (Å²) < 4.78 is 19.9. The molecule has 0 amide bonds. The van der Waals surface area contributed by atoms with E-state index in [-0.39, 0.29) is 18.2 Å². The lowest BCUT2D eigenvalue weighted by atomic mass is 10.3. The maximum Gasteiger partial charge on any atom is 0.313 e. The highest BCUT2D eigenvalue weighted by Gasteiger charge is 2.29. The Morgan fingerprint density at radius 2 is 2.33 bits per heavy atom. The van der Waals surface area contributed by atoms with Gasteiger partial charge in [0.05, 0.1) is 18.1 Å². The van der Waals surface area contributed by atoms with Crippen molar-refractivity contribution in [2.24, 2.45) is 0 Å². The summed E-state index contributed by atoms with van der Waals surface area (Å²) in [4.78, 5) is 15.8. The van der Waals surface area contributed by atoms with E-state index in [1.807, 2.05) is 4.57 Å². The Labute approximate surface area is 103 Å². The van der Waals surface area contributed by atoms with Gasteiger partial charge < -0.3 is 9.30 Å². The van der Waals surface area contributed by atoms with Gasteiger partial charge in [-0.2, -0.15) is 0 Å². The normalized spacial score (nSPS) is 15.0. The molecule has 18 heavy (non-hydrogen) atoms. The van der Waals surface area contributed by atoms with Crippen molar-refractivity contribution in [2.75, 3.05) is 7.11 Å². The van der Waals surface area contributed by atoms with Gasteiger partial charge in [0.1, 0.15) is 18.1 Å². The molecule has 0 N–H and O–H groups in total. The van der Waals surface area contributed by atoms with E-state index in [4.69, 9.17) is 0 Å². The molecule has 1 aromatic carbocycles. The number of aromatic nitrogens is 2. The van der Waals surface area contributed by atoms with E-state index in [0.717, 1.165) is 23.9 Å². The lowest BCUT2D eigenvalue weighted by Gasteiger charge is -2.06. The van der Waals surface area contributed by atoms with E-state index in [2.05, 4.69) is 9.72 Å². The molecule has 3 rings (SSSR count). The summed E-state index contributed by atoms with van der Waals surface area (Å²) in [7, 11) is 1.35. The molecular weight excluding hydrogens is 235 g/mol. The summed E-state index contributed by atoms with van der Waals surface area (Å²) in [6.45, 7) is 0. The second-order valence-electron chi connectivity index (χ2n) is 4.52. The van der Waals surface area contributed by atoms with Crippen LogP contribution in [0, 0.1) is 5.82 Å². The molecule has 1 fully saturated rings. The first kappa shape index (κ1) is 11.2. The van der Waals surface area contributed by atoms with Gasteiger partial charge in [0.15, 0.2) is 0 Å². The van der Waals surface area contributed by atoms with Crippen LogP contribution in [0.25, 0.3) is 11.0 Å². The molecule has 0 radical (unpaired) electrons. The maximum absolute atomic E-state index is 13.3. The quantitative estimate of drug-likeness (QED) is 0.782. The van der Waals surface area contributed by atoms with Crippen molar-refractivity contribution in [1.82, 2.24) is 9.55 Å². The SMILES string of the molecule is COC(=O)Cc1nc2ccc(F)cc2n1C1CC1. The Kier molecular flexibility index (Phi) is 2.54. The van der Waals surface area contributed by atoms with Crippen molar-refractivity contribution in [3.05, 3.63) is 29.8 Å². The number of halogens is 1. The average Bonchev–Trinajstić information content (AvgIpc) is 3.12. The Balaban J connectivity index is 2.12.